The third-order valence-electron chi connectivity index (χ3n) is 1.96. The highest BCUT2D eigenvalue weighted by atomic mass is 32.1. The second kappa shape index (κ2) is 4.92. The minimum atomic E-state index is -0.0825. The summed E-state index contributed by atoms with van der Waals surface area (Å²) < 4.78 is 2.24. The molecule has 0 aliphatic carbocycles. The number of aliphatic hydroxyl groups is 1. The molecule has 78 valence electrons. The van der Waals surface area contributed by atoms with Crippen LogP contribution in [0.4, 0.5) is 0 Å². The number of nitrogens with one attached hydrogen (secondary N) is 2. The van der Waals surface area contributed by atoms with Crippen molar-refractivity contribution in [3.8, 4) is 0 Å². The number of imidazole rings is 1. The van der Waals surface area contributed by atoms with Gasteiger partial charge in [0.15, 0.2) is 4.77 Å². The fourth-order valence-electron chi connectivity index (χ4n) is 1.15. The monoisotopic (exact) mass is 215 g/mol. The van der Waals surface area contributed by atoms with Gasteiger partial charge in [-0.2, -0.15) is 0 Å². The predicted octanol–water partition coefficient (Wildman–Crippen LogP) is 0.174. The summed E-state index contributed by atoms with van der Waals surface area (Å²) in [5, 5.41) is 11.5. The molecule has 3 N–H and O–H groups in total. The molecule has 0 spiro atoms. The van der Waals surface area contributed by atoms with Gasteiger partial charge in [0.25, 0.3) is 0 Å². The average Bonchev–Trinajstić information content (AvgIpc) is 2.55. The number of carbonyl (C=O) groups is 1. The van der Waals surface area contributed by atoms with E-state index in [4.69, 9.17) is 17.3 Å². The van der Waals surface area contributed by atoms with Crippen LogP contribution in [-0.4, -0.2) is 27.6 Å². The van der Waals surface area contributed by atoms with Crippen LogP contribution in [0, 0.1) is 4.77 Å². The van der Waals surface area contributed by atoms with Crippen LogP contribution in [0.3, 0.4) is 0 Å². The summed E-state index contributed by atoms with van der Waals surface area (Å²) in [5.74, 6) is -0.0445. The highest BCUT2D eigenvalue weighted by molar-refractivity contribution is 7.71. The van der Waals surface area contributed by atoms with Crippen LogP contribution >= 0.6 is 12.2 Å². The second-order valence-corrected chi connectivity index (χ2v) is 3.20. The van der Waals surface area contributed by atoms with Gasteiger partial charge in [-0.05, 0) is 12.2 Å². The molecule has 6 heteroatoms. The van der Waals surface area contributed by atoms with Gasteiger partial charge in [-0.15, -0.1) is 0 Å². The molecule has 1 aromatic rings. The molecule has 0 aliphatic heterocycles. The van der Waals surface area contributed by atoms with Crippen molar-refractivity contribution < 1.29 is 9.90 Å². The molecule has 14 heavy (non-hydrogen) atoms. The van der Waals surface area contributed by atoms with Gasteiger partial charge in [-0.1, -0.05) is 0 Å². The molecule has 0 radical (unpaired) electrons. The van der Waals surface area contributed by atoms with Crippen LogP contribution in [0.2, 0.25) is 0 Å². The lowest BCUT2D eigenvalue weighted by atomic mass is 10.4. The summed E-state index contributed by atoms with van der Waals surface area (Å²) in [6.07, 6.45) is 2.00. The van der Waals surface area contributed by atoms with Crippen LogP contribution in [0.15, 0.2) is 6.20 Å². The number of aromatic nitrogens is 2. The Morgan fingerprint density at radius 1 is 1.79 bits per heavy atom. The molecule has 0 aliphatic rings. The fraction of sp³-hybridized carbons (Fsp3) is 0.500. The highest BCUT2D eigenvalue weighted by Gasteiger charge is 2.04. The number of H-pyrrole nitrogens is 1. The quantitative estimate of drug-likeness (QED) is 0.627. The minimum absolute atomic E-state index is 0.0445. The van der Waals surface area contributed by atoms with Crippen molar-refractivity contribution in [1.82, 2.24) is 14.9 Å². The van der Waals surface area contributed by atoms with Gasteiger partial charge < -0.3 is 20.0 Å². The Hall–Kier alpha value is -1.14. The van der Waals surface area contributed by atoms with E-state index in [-0.39, 0.29) is 12.5 Å². The standard InChI is InChI=1S/C8H13N3O2S/c1-9-7(13)2-3-11-6(5-12)4-10-8(11)14/h4,12H,2-3,5H2,1H3,(H,9,13)(H,10,14). The summed E-state index contributed by atoms with van der Waals surface area (Å²) >= 11 is 4.99. The molecule has 0 aromatic carbocycles. The number of aromatic amines is 1. The molecule has 1 aromatic heterocycles. The van der Waals surface area contributed by atoms with Crippen molar-refractivity contribution in [3.63, 3.8) is 0 Å². The first-order valence-electron chi connectivity index (χ1n) is 4.27. The Kier molecular flexibility index (Phi) is 3.84. The van der Waals surface area contributed by atoms with Crippen LogP contribution in [0.1, 0.15) is 12.1 Å². The van der Waals surface area contributed by atoms with E-state index in [2.05, 4.69) is 10.3 Å². The molecular weight excluding hydrogens is 202 g/mol. The van der Waals surface area contributed by atoms with Crippen LogP contribution in [0.5, 0.6) is 0 Å². The first-order valence-corrected chi connectivity index (χ1v) is 4.68. The first kappa shape index (κ1) is 10.9. The smallest absolute Gasteiger partial charge is 0.221 e. The number of amides is 1. The Morgan fingerprint density at radius 3 is 3.07 bits per heavy atom. The lowest BCUT2D eigenvalue weighted by Gasteiger charge is -2.05. The topological polar surface area (TPSA) is 70.1 Å². The Bertz CT molecular complexity index is 369. The number of hydrogen-bond donors (Lipinski definition) is 3. The Morgan fingerprint density at radius 2 is 2.50 bits per heavy atom. The molecule has 5 nitrogen and oxygen atoms in total. The number of hydrogen-bond acceptors (Lipinski definition) is 3. The van der Waals surface area contributed by atoms with E-state index in [1.54, 1.807) is 17.8 Å². The van der Waals surface area contributed by atoms with E-state index < -0.39 is 0 Å². The normalized spacial score (nSPS) is 10.1. The van der Waals surface area contributed by atoms with Gasteiger partial charge in [-0.25, -0.2) is 0 Å². The summed E-state index contributed by atoms with van der Waals surface area (Å²) in [4.78, 5) is 13.8. The van der Waals surface area contributed by atoms with Gasteiger partial charge in [0, 0.05) is 26.2 Å². The van der Waals surface area contributed by atoms with E-state index in [0.29, 0.717) is 23.4 Å². The van der Waals surface area contributed by atoms with E-state index in [1.807, 2.05) is 0 Å². The second-order valence-electron chi connectivity index (χ2n) is 2.82. The third-order valence-corrected chi connectivity index (χ3v) is 2.30. The van der Waals surface area contributed by atoms with Gasteiger partial charge in [0.2, 0.25) is 5.91 Å². The summed E-state index contributed by atoms with van der Waals surface area (Å²) in [7, 11) is 1.59. The summed E-state index contributed by atoms with van der Waals surface area (Å²) in [6.45, 7) is 0.402. The SMILES string of the molecule is CNC(=O)CCn1c(CO)c[nH]c1=S. The van der Waals surface area contributed by atoms with Crippen molar-refractivity contribution in [2.24, 2.45) is 0 Å². The third kappa shape index (κ3) is 2.43. The van der Waals surface area contributed by atoms with Crippen LogP contribution in [0.25, 0.3) is 0 Å². The van der Waals surface area contributed by atoms with Crippen molar-refractivity contribution in [3.05, 3.63) is 16.7 Å². The summed E-state index contributed by atoms with van der Waals surface area (Å²) in [6, 6.07) is 0. The van der Waals surface area contributed by atoms with Gasteiger partial charge in [0.1, 0.15) is 0 Å². The highest BCUT2D eigenvalue weighted by Crippen LogP contribution is 2.02. The van der Waals surface area contributed by atoms with E-state index in [0.717, 1.165) is 0 Å². The average molecular weight is 215 g/mol. The molecular formula is C8H13N3O2S. The lowest BCUT2D eigenvalue weighted by molar-refractivity contribution is -0.120. The van der Waals surface area contributed by atoms with Crippen LogP contribution < -0.4 is 5.32 Å². The molecule has 0 unspecified atom stereocenters. The van der Waals surface area contributed by atoms with Crippen molar-refractivity contribution in [1.29, 1.82) is 0 Å². The maximum atomic E-state index is 11.0. The maximum absolute atomic E-state index is 11.0. The van der Waals surface area contributed by atoms with E-state index in [9.17, 15) is 4.79 Å². The zero-order valence-electron chi connectivity index (χ0n) is 7.91. The summed E-state index contributed by atoms with van der Waals surface area (Å²) in [5.41, 5.74) is 0.693. The molecule has 0 saturated heterocycles. The zero-order valence-corrected chi connectivity index (χ0v) is 8.73. The molecule has 1 heterocycles. The zero-order chi connectivity index (χ0) is 10.6. The van der Waals surface area contributed by atoms with Crippen LogP contribution in [-0.2, 0) is 17.9 Å². The van der Waals surface area contributed by atoms with E-state index >= 15 is 0 Å². The predicted molar refractivity (Wildman–Crippen MR) is 54.2 cm³/mol. The van der Waals surface area contributed by atoms with Gasteiger partial charge >= 0.3 is 0 Å². The van der Waals surface area contributed by atoms with E-state index in [1.165, 1.54) is 0 Å². The fourth-order valence-corrected chi connectivity index (χ4v) is 1.41. The molecule has 0 fully saturated rings. The molecule has 1 rings (SSSR count). The largest absolute Gasteiger partial charge is 0.390 e. The minimum Gasteiger partial charge on any atom is -0.390 e. The maximum Gasteiger partial charge on any atom is 0.221 e. The molecule has 0 bridgehead atoms. The number of carbonyl (C=O) groups excluding carboxylic acids is 1. The van der Waals surface area contributed by atoms with Crippen molar-refractivity contribution in [2.75, 3.05) is 7.05 Å². The van der Waals surface area contributed by atoms with Crippen molar-refractivity contribution >= 4 is 18.1 Å². The number of rotatable bonds is 4. The van der Waals surface area contributed by atoms with Gasteiger partial charge in [0.05, 0.1) is 12.3 Å². The first-order chi connectivity index (χ1) is 6.69. The molecule has 1 amide bonds. The Labute approximate surface area is 86.8 Å². The Balaban J connectivity index is 2.70. The van der Waals surface area contributed by atoms with Gasteiger partial charge in [-0.3, -0.25) is 4.79 Å². The molecule has 0 saturated carbocycles. The molecule has 0 atom stereocenters. The lowest BCUT2D eigenvalue weighted by Crippen LogP contribution is -2.20. The van der Waals surface area contributed by atoms with Crippen molar-refractivity contribution in [2.45, 2.75) is 19.6 Å². The number of aliphatic hydroxyl groups excluding tert-OH is 1. The number of nitrogens with zero attached hydrogens (tertiary/aromatic N) is 1.